The first kappa shape index (κ1) is 15.4. The molecule has 0 aromatic heterocycles. The van der Waals surface area contributed by atoms with Crippen molar-refractivity contribution < 1.29 is 14.3 Å². The van der Waals surface area contributed by atoms with E-state index in [2.05, 4.69) is 12.2 Å². The minimum absolute atomic E-state index is 0.0780. The number of nitrogens with one attached hydrogen (secondary N) is 1. The van der Waals surface area contributed by atoms with Crippen LogP contribution in [-0.2, 0) is 9.59 Å². The molecule has 114 valence electrons. The average Bonchev–Trinajstić information content (AvgIpc) is 2.86. The number of carbonyl (C=O) groups excluding carboxylic acids is 2. The highest BCUT2D eigenvalue weighted by molar-refractivity contribution is 5.97. The van der Waals surface area contributed by atoms with E-state index in [1.165, 1.54) is 0 Å². The number of unbranched alkanes of at least 4 members (excludes halogenated alkanes) is 1. The minimum atomic E-state index is -0.263. The van der Waals surface area contributed by atoms with Crippen molar-refractivity contribution in [1.82, 2.24) is 4.90 Å². The smallest absolute Gasteiger partial charge is 0.229 e. The van der Waals surface area contributed by atoms with Crippen LogP contribution in [0.1, 0.15) is 26.2 Å². The highest BCUT2D eigenvalue weighted by Crippen LogP contribution is 2.22. The Morgan fingerprint density at radius 3 is 3.00 bits per heavy atom. The molecular weight excluding hydrogens is 268 g/mol. The molecule has 0 radical (unpaired) electrons. The molecule has 0 bridgehead atoms. The summed E-state index contributed by atoms with van der Waals surface area (Å²) in [7, 11) is 1.59. The van der Waals surface area contributed by atoms with Crippen molar-refractivity contribution in [2.24, 2.45) is 5.92 Å². The van der Waals surface area contributed by atoms with E-state index >= 15 is 0 Å². The Hall–Kier alpha value is -2.04. The predicted octanol–water partition coefficient (Wildman–Crippen LogP) is 2.28. The van der Waals surface area contributed by atoms with Crippen LogP contribution in [0.4, 0.5) is 5.69 Å². The van der Waals surface area contributed by atoms with Crippen LogP contribution >= 0.6 is 0 Å². The van der Waals surface area contributed by atoms with Crippen molar-refractivity contribution in [3.8, 4) is 5.75 Å². The molecule has 0 aliphatic carbocycles. The third-order valence-electron chi connectivity index (χ3n) is 3.70. The summed E-state index contributed by atoms with van der Waals surface area (Å²) >= 11 is 0. The largest absolute Gasteiger partial charge is 0.497 e. The molecule has 1 saturated heterocycles. The van der Waals surface area contributed by atoms with E-state index in [9.17, 15) is 9.59 Å². The quantitative estimate of drug-likeness (QED) is 0.874. The third-order valence-corrected chi connectivity index (χ3v) is 3.70. The number of nitrogens with zero attached hydrogens (tertiary/aromatic N) is 1. The van der Waals surface area contributed by atoms with Gasteiger partial charge in [0.1, 0.15) is 5.75 Å². The summed E-state index contributed by atoms with van der Waals surface area (Å²) < 4.78 is 5.13. The van der Waals surface area contributed by atoms with Crippen molar-refractivity contribution in [1.29, 1.82) is 0 Å². The Kier molecular flexibility index (Phi) is 5.20. The van der Waals surface area contributed by atoms with E-state index in [1.54, 1.807) is 18.1 Å². The summed E-state index contributed by atoms with van der Waals surface area (Å²) in [5.41, 5.74) is 0.693. The first-order chi connectivity index (χ1) is 10.1. The molecule has 1 fully saturated rings. The van der Waals surface area contributed by atoms with Crippen LogP contribution in [0, 0.1) is 5.92 Å². The first-order valence-corrected chi connectivity index (χ1v) is 7.36. The van der Waals surface area contributed by atoms with Crippen molar-refractivity contribution >= 4 is 17.5 Å². The van der Waals surface area contributed by atoms with E-state index in [0.717, 1.165) is 19.4 Å². The maximum Gasteiger partial charge on any atom is 0.229 e. The van der Waals surface area contributed by atoms with Gasteiger partial charge in [0.05, 0.1) is 13.0 Å². The standard InChI is InChI=1S/C16H22N2O3/c1-3-4-8-18-11-12(9-15(18)19)16(20)17-13-6-5-7-14(10-13)21-2/h5-7,10,12H,3-4,8-9,11H2,1-2H3,(H,17,20). The van der Waals surface area contributed by atoms with Gasteiger partial charge in [0.15, 0.2) is 0 Å². The molecule has 1 N–H and O–H groups in total. The van der Waals surface area contributed by atoms with Crippen LogP contribution in [0.15, 0.2) is 24.3 Å². The van der Waals surface area contributed by atoms with Gasteiger partial charge in [-0.15, -0.1) is 0 Å². The number of anilines is 1. The zero-order chi connectivity index (χ0) is 15.2. The lowest BCUT2D eigenvalue weighted by molar-refractivity contribution is -0.128. The van der Waals surface area contributed by atoms with Gasteiger partial charge in [-0.25, -0.2) is 0 Å². The fourth-order valence-corrected chi connectivity index (χ4v) is 2.46. The third kappa shape index (κ3) is 3.97. The van der Waals surface area contributed by atoms with Gasteiger partial charge >= 0.3 is 0 Å². The highest BCUT2D eigenvalue weighted by Gasteiger charge is 2.33. The number of benzene rings is 1. The molecule has 2 amide bonds. The van der Waals surface area contributed by atoms with Gasteiger partial charge in [-0.3, -0.25) is 9.59 Å². The van der Waals surface area contributed by atoms with Crippen molar-refractivity contribution in [2.75, 3.05) is 25.5 Å². The molecule has 1 atom stereocenters. The summed E-state index contributed by atoms with van der Waals surface area (Å²) in [4.78, 5) is 25.9. The lowest BCUT2D eigenvalue weighted by atomic mass is 10.1. The normalized spacial score (nSPS) is 17.9. The van der Waals surface area contributed by atoms with Gasteiger partial charge in [-0.1, -0.05) is 19.4 Å². The number of likely N-dealkylation sites (tertiary alicyclic amines) is 1. The summed E-state index contributed by atoms with van der Waals surface area (Å²) in [5.74, 6) is 0.408. The van der Waals surface area contributed by atoms with Gasteiger partial charge in [-0.2, -0.15) is 0 Å². The van der Waals surface area contributed by atoms with Crippen LogP contribution in [-0.4, -0.2) is 36.9 Å². The fraction of sp³-hybridized carbons (Fsp3) is 0.500. The topological polar surface area (TPSA) is 58.6 Å². The number of carbonyl (C=O) groups is 2. The number of methoxy groups -OCH3 is 1. The van der Waals surface area contributed by atoms with Gasteiger partial charge in [-0.05, 0) is 18.6 Å². The molecule has 1 aliphatic rings. The van der Waals surface area contributed by atoms with E-state index in [-0.39, 0.29) is 17.7 Å². The fourth-order valence-electron chi connectivity index (χ4n) is 2.46. The molecule has 1 aromatic carbocycles. The number of amides is 2. The maximum absolute atomic E-state index is 12.2. The van der Waals surface area contributed by atoms with Gasteiger partial charge in [0.25, 0.3) is 0 Å². The monoisotopic (exact) mass is 290 g/mol. The average molecular weight is 290 g/mol. The molecule has 0 saturated carbocycles. The maximum atomic E-state index is 12.2. The second-order valence-corrected chi connectivity index (χ2v) is 5.32. The van der Waals surface area contributed by atoms with Gasteiger partial charge in [0, 0.05) is 31.3 Å². The number of hydrogen-bond donors (Lipinski definition) is 1. The molecule has 0 spiro atoms. The molecule has 1 unspecified atom stereocenters. The summed E-state index contributed by atoms with van der Waals surface area (Å²) in [5, 5.41) is 2.86. The highest BCUT2D eigenvalue weighted by atomic mass is 16.5. The second kappa shape index (κ2) is 7.11. The Labute approximate surface area is 125 Å². The van der Waals surface area contributed by atoms with Crippen LogP contribution in [0.2, 0.25) is 0 Å². The van der Waals surface area contributed by atoms with Gasteiger partial charge < -0.3 is 15.0 Å². The van der Waals surface area contributed by atoms with Crippen molar-refractivity contribution in [3.63, 3.8) is 0 Å². The lowest BCUT2D eigenvalue weighted by Gasteiger charge is -2.16. The zero-order valence-corrected chi connectivity index (χ0v) is 12.6. The Morgan fingerprint density at radius 2 is 2.29 bits per heavy atom. The van der Waals surface area contributed by atoms with Crippen LogP contribution in [0.3, 0.4) is 0 Å². The van der Waals surface area contributed by atoms with E-state index in [1.807, 2.05) is 18.2 Å². The molecule has 1 heterocycles. The second-order valence-electron chi connectivity index (χ2n) is 5.32. The molecule has 5 heteroatoms. The SMILES string of the molecule is CCCCN1CC(C(=O)Nc2cccc(OC)c2)CC1=O. The van der Waals surface area contributed by atoms with Crippen LogP contribution in [0.25, 0.3) is 0 Å². The van der Waals surface area contributed by atoms with Gasteiger partial charge in [0.2, 0.25) is 11.8 Å². The van der Waals surface area contributed by atoms with Crippen LogP contribution in [0.5, 0.6) is 5.75 Å². The van der Waals surface area contributed by atoms with Crippen molar-refractivity contribution in [2.45, 2.75) is 26.2 Å². The van der Waals surface area contributed by atoms with E-state index in [4.69, 9.17) is 4.74 Å². The summed E-state index contributed by atoms with van der Waals surface area (Å²) in [6, 6.07) is 7.22. The molecule has 1 aliphatic heterocycles. The number of hydrogen-bond acceptors (Lipinski definition) is 3. The Balaban J connectivity index is 1.93. The number of rotatable bonds is 6. The molecule has 2 rings (SSSR count). The summed E-state index contributed by atoms with van der Waals surface area (Å²) in [6.07, 6.45) is 2.33. The predicted molar refractivity (Wildman–Crippen MR) is 81.2 cm³/mol. The summed E-state index contributed by atoms with van der Waals surface area (Å²) in [6.45, 7) is 3.36. The molecule has 1 aromatic rings. The Bertz CT molecular complexity index is 516. The zero-order valence-electron chi connectivity index (χ0n) is 12.6. The first-order valence-electron chi connectivity index (χ1n) is 7.36. The van der Waals surface area contributed by atoms with Crippen LogP contribution < -0.4 is 10.1 Å². The van der Waals surface area contributed by atoms with E-state index in [0.29, 0.717) is 24.4 Å². The lowest BCUT2D eigenvalue weighted by Crippen LogP contribution is -2.29. The number of ether oxygens (including phenoxy) is 1. The molecular formula is C16H22N2O3. The molecule has 5 nitrogen and oxygen atoms in total. The Morgan fingerprint density at radius 1 is 1.48 bits per heavy atom. The van der Waals surface area contributed by atoms with Crippen molar-refractivity contribution in [3.05, 3.63) is 24.3 Å². The van der Waals surface area contributed by atoms with E-state index < -0.39 is 0 Å². The minimum Gasteiger partial charge on any atom is -0.497 e. The molecule has 21 heavy (non-hydrogen) atoms.